The summed E-state index contributed by atoms with van der Waals surface area (Å²) in [4.78, 5) is 12.6. The summed E-state index contributed by atoms with van der Waals surface area (Å²) < 4.78 is 49.0. The molecule has 0 fully saturated rings. The van der Waals surface area contributed by atoms with Gasteiger partial charge in [-0.25, -0.2) is 17.6 Å². The monoisotopic (exact) mass is 377 g/mol. The number of hydrogen-bond donors (Lipinski definition) is 0. The highest BCUT2D eigenvalue weighted by Crippen LogP contribution is 2.40. The van der Waals surface area contributed by atoms with Gasteiger partial charge >= 0.3 is 5.97 Å². The topological polar surface area (TPSA) is 72.9 Å². The Morgan fingerprint density at radius 3 is 2.46 bits per heavy atom. The first kappa shape index (κ1) is 17.9. The fourth-order valence-electron chi connectivity index (χ4n) is 2.62. The molecule has 0 saturated carbocycles. The van der Waals surface area contributed by atoms with E-state index in [1.807, 2.05) is 6.92 Å². The highest BCUT2D eigenvalue weighted by Gasteiger charge is 2.36. The van der Waals surface area contributed by atoms with Crippen LogP contribution in [0, 0.1) is 5.82 Å². The van der Waals surface area contributed by atoms with Crippen molar-refractivity contribution >= 4 is 27.2 Å². The highest BCUT2D eigenvalue weighted by atomic mass is 32.2. The van der Waals surface area contributed by atoms with Gasteiger partial charge in [-0.05, 0) is 49.4 Å². The third-order valence-electron chi connectivity index (χ3n) is 3.82. The summed E-state index contributed by atoms with van der Waals surface area (Å²) >= 11 is 0. The van der Waals surface area contributed by atoms with Gasteiger partial charge < -0.3 is 14.4 Å². The number of ether oxygens (including phenoxy) is 2. The van der Waals surface area contributed by atoms with E-state index in [2.05, 4.69) is 4.74 Å². The summed E-state index contributed by atoms with van der Waals surface area (Å²) in [5.74, 6) is -1.08. The van der Waals surface area contributed by atoms with E-state index in [1.54, 1.807) is 24.3 Å². The minimum absolute atomic E-state index is 0.239. The summed E-state index contributed by atoms with van der Waals surface area (Å²) in [6, 6.07) is 10.3. The highest BCUT2D eigenvalue weighted by molar-refractivity contribution is 7.96. The predicted molar refractivity (Wildman–Crippen MR) is 93.4 cm³/mol. The molecular weight excluding hydrogens is 361 g/mol. The fourth-order valence-corrected chi connectivity index (χ4v) is 4.12. The lowest BCUT2D eigenvalue weighted by Gasteiger charge is -2.28. The Kier molecular flexibility index (Phi) is 4.69. The van der Waals surface area contributed by atoms with Gasteiger partial charge in [-0.2, -0.15) is 0 Å². The lowest BCUT2D eigenvalue weighted by atomic mass is 10.2. The van der Waals surface area contributed by atoms with Crippen molar-refractivity contribution in [2.45, 2.75) is 11.8 Å². The summed E-state index contributed by atoms with van der Waals surface area (Å²) in [5.41, 5.74) is 0.820. The SMILES string of the molecule is CCOc1ccc(N2C=C(C(=O)OC)S(=O)(=O)c3cc(F)ccc32)cc1. The number of halogens is 1. The molecule has 2 aromatic rings. The standard InChI is InChI=1S/C18H16FNO5S/c1-3-25-14-7-5-13(6-8-14)20-11-17(18(21)24-2)26(22,23)16-10-12(19)4-9-15(16)20/h4-11H,3H2,1-2H3. The molecule has 0 aromatic heterocycles. The molecule has 0 atom stereocenters. The number of fused-ring (bicyclic) bond motifs is 1. The summed E-state index contributed by atoms with van der Waals surface area (Å²) in [6.07, 6.45) is 1.18. The Bertz CT molecular complexity index is 983. The molecule has 2 aromatic carbocycles. The lowest BCUT2D eigenvalue weighted by Crippen LogP contribution is -2.26. The van der Waals surface area contributed by atoms with Crippen LogP contribution in [0.25, 0.3) is 0 Å². The van der Waals surface area contributed by atoms with Crippen LogP contribution in [0.2, 0.25) is 0 Å². The molecule has 8 heteroatoms. The molecule has 0 unspecified atom stereocenters. The third-order valence-corrected chi connectivity index (χ3v) is 5.58. The van der Waals surface area contributed by atoms with Crippen LogP contribution in [0.15, 0.2) is 58.5 Å². The minimum atomic E-state index is -4.19. The van der Waals surface area contributed by atoms with E-state index in [1.165, 1.54) is 17.2 Å². The van der Waals surface area contributed by atoms with Gasteiger partial charge in [-0.3, -0.25) is 0 Å². The molecule has 1 heterocycles. The van der Waals surface area contributed by atoms with Crippen LogP contribution in [0.5, 0.6) is 5.75 Å². The maximum absolute atomic E-state index is 13.7. The number of carbonyl (C=O) groups excluding carboxylic acids is 1. The molecule has 26 heavy (non-hydrogen) atoms. The van der Waals surface area contributed by atoms with Crippen LogP contribution in [-0.4, -0.2) is 28.1 Å². The molecule has 0 bridgehead atoms. The molecule has 3 rings (SSSR count). The van der Waals surface area contributed by atoms with Gasteiger partial charge in [0.1, 0.15) is 11.6 Å². The molecule has 136 valence electrons. The lowest BCUT2D eigenvalue weighted by molar-refractivity contribution is -0.135. The molecular formula is C18H16FNO5S. The number of rotatable bonds is 4. The number of benzene rings is 2. The first-order valence-electron chi connectivity index (χ1n) is 7.75. The Balaban J connectivity index is 2.18. The molecule has 6 nitrogen and oxygen atoms in total. The quantitative estimate of drug-likeness (QED) is 0.762. The van der Waals surface area contributed by atoms with Crippen LogP contribution in [0.4, 0.5) is 15.8 Å². The van der Waals surface area contributed by atoms with Gasteiger partial charge in [-0.1, -0.05) is 0 Å². The molecule has 0 N–H and O–H groups in total. The Hall–Kier alpha value is -2.87. The zero-order chi connectivity index (χ0) is 18.9. The van der Waals surface area contributed by atoms with Crippen molar-refractivity contribution in [3.8, 4) is 5.75 Å². The van der Waals surface area contributed by atoms with Gasteiger partial charge in [0.15, 0.2) is 4.91 Å². The van der Waals surface area contributed by atoms with E-state index < -0.39 is 26.5 Å². The first-order valence-corrected chi connectivity index (χ1v) is 9.23. The van der Waals surface area contributed by atoms with E-state index >= 15 is 0 Å². The molecule has 0 aliphatic carbocycles. The number of methoxy groups -OCH3 is 1. The maximum Gasteiger partial charge on any atom is 0.351 e. The predicted octanol–water partition coefficient (Wildman–Crippen LogP) is 3.16. The van der Waals surface area contributed by atoms with Crippen molar-refractivity contribution in [2.24, 2.45) is 0 Å². The van der Waals surface area contributed by atoms with Gasteiger partial charge in [0.25, 0.3) is 0 Å². The summed E-state index contributed by atoms with van der Waals surface area (Å²) in [5, 5.41) is 0. The average molecular weight is 377 g/mol. The average Bonchev–Trinajstić information content (AvgIpc) is 2.63. The zero-order valence-corrected chi connectivity index (χ0v) is 14.9. The number of sulfone groups is 1. The van der Waals surface area contributed by atoms with Gasteiger partial charge in [0.2, 0.25) is 9.84 Å². The second-order valence-corrected chi connectivity index (χ2v) is 7.28. The smallest absolute Gasteiger partial charge is 0.351 e. The van der Waals surface area contributed by atoms with Gasteiger partial charge in [0.05, 0.1) is 24.3 Å². The second kappa shape index (κ2) is 6.80. The number of anilines is 2. The molecule has 1 aliphatic rings. The van der Waals surface area contributed by atoms with E-state index in [-0.39, 0.29) is 10.6 Å². The van der Waals surface area contributed by atoms with Crippen LogP contribution < -0.4 is 9.64 Å². The van der Waals surface area contributed by atoms with Crippen LogP contribution in [-0.2, 0) is 19.4 Å². The first-order chi connectivity index (χ1) is 12.4. The number of hydrogen-bond acceptors (Lipinski definition) is 6. The number of esters is 1. The van der Waals surface area contributed by atoms with Crippen molar-refractivity contribution in [3.63, 3.8) is 0 Å². The van der Waals surface area contributed by atoms with E-state index in [9.17, 15) is 17.6 Å². The van der Waals surface area contributed by atoms with Crippen molar-refractivity contribution < 1.29 is 27.1 Å². The second-order valence-electron chi connectivity index (χ2n) is 5.40. The number of carbonyl (C=O) groups is 1. The largest absolute Gasteiger partial charge is 0.494 e. The van der Waals surface area contributed by atoms with E-state index in [0.29, 0.717) is 18.0 Å². The molecule has 0 spiro atoms. The van der Waals surface area contributed by atoms with E-state index in [4.69, 9.17) is 4.74 Å². The van der Waals surface area contributed by atoms with Crippen molar-refractivity contribution in [2.75, 3.05) is 18.6 Å². The van der Waals surface area contributed by atoms with Crippen molar-refractivity contribution in [1.29, 1.82) is 0 Å². The zero-order valence-electron chi connectivity index (χ0n) is 14.1. The molecule has 0 saturated heterocycles. The minimum Gasteiger partial charge on any atom is -0.494 e. The van der Waals surface area contributed by atoms with Crippen LogP contribution >= 0.6 is 0 Å². The Morgan fingerprint density at radius 1 is 1.15 bits per heavy atom. The maximum atomic E-state index is 13.7. The number of nitrogens with zero attached hydrogens (tertiary/aromatic N) is 1. The Morgan fingerprint density at radius 2 is 1.85 bits per heavy atom. The Labute approximate surface area is 150 Å². The van der Waals surface area contributed by atoms with Gasteiger partial charge in [-0.15, -0.1) is 0 Å². The third kappa shape index (κ3) is 3.03. The summed E-state index contributed by atoms with van der Waals surface area (Å²) in [7, 11) is -3.11. The molecule has 0 amide bonds. The van der Waals surface area contributed by atoms with Gasteiger partial charge in [0, 0.05) is 11.9 Å². The van der Waals surface area contributed by atoms with Crippen LogP contribution in [0.3, 0.4) is 0 Å². The van der Waals surface area contributed by atoms with Crippen molar-refractivity contribution in [1.82, 2.24) is 0 Å². The van der Waals surface area contributed by atoms with E-state index in [0.717, 1.165) is 19.2 Å². The fraction of sp³-hybridized carbons (Fsp3) is 0.167. The summed E-state index contributed by atoms with van der Waals surface area (Å²) in [6.45, 7) is 2.37. The normalized spacial score (nSPS) is 15.0. The molecule has 1 aliphatic heterocycles. The molecule has 0 radical (unpaired) electrons. The van der Waals surface area contributed by atoms with Crippen LogP contribution in [0.1, 0.15) is 6.92 Å². The van der Waals surface area contributed by atoms with Crippen molar-refractivity contribution in [3.05, 3.63) is 59.4 Å².